The van der Waals surface area contributed by atoms with Crippen LogP contribution in [0.5, 0.6) is 0 Å². The van der Waals surface area contributed by atoms with Crippen molar-refractivity contribution in [2.24, 2.45) is 0 Å². The van der Waals surface area contributed by atoms with Gasteiger partial charge in [0.15, 0.2) is 5.82 Å². The van der Waals surface area contributed by atoms with E-state index in [1.807, 2.05) is 6.07 Å². The van der Waals surface area contributed by atoms with Crippen LogP contribution in [0, 0.1) is 0 Å². The SMILES string of the molecule is C=CC(=O)N1CCS(=O)CC1c1cc(Cl)cc(-c2ncnc(N)n2)c1. The lowest BCUT2D eigenvalue weighted by molar-refractivity contribution is -0.127. The Morgan fingerprint density at radius 3 is 2.92 bits per heavy atom. The molecule has 0 saturated carbocycles. The highest BCUT2D eigenvalue weighted by Crippen LogP contribution is 2.31. The molecule has 2 unspecified atom stereocenters. The number of nitrogens with zero attached hydrogens (tertiary/aromatic N) is 4. The van der Waals surface area contributed by atoms with Crippen molar-refractivity contribution in [1.82, 2.24) is 19.9 Å². The van der Waals surface area contributed by atoms with Crippen LogP contribution >= 0.6 is 11.6 Å². The topological polar surface area (TPSA) is 102 Å². The van der Waals surface area contributed by atoms with Crippen LogP contribution in [0.25, 0.3) is 11.4 Å². The number of nitrogens with two attached hydrogens (primary N) is 1. The van der Waals surface area contributed by atoms with Crippen LogP contribution in [-0.4, -0.2) is 48.0 Å². The normalized spacial score (nSPS) is 20.3. The number of hydrogen-bond donors (Lipinski definition) is 1. The van der Waals surface area contributed by atoms with Crippen molar-refractivity contribution in [2.75, 3.05) is 23.8 Å². The molecule has 1 aliphatic rings. The molecule has 9 heteroatoms. The van der Waals surface area contributed by atoms with Gasteiger partial charge in [-0.15, -0.1) is 0 Å². The largest absolute Gasteiger partial charge is 0.368 e. The predicted molar refractivity (Wildman–Crippen MR) is 97.2 cm³/mol. The number of carbonyl (C=O) groups is 1. The molecule has 1 saturated heterocycles. The first kappa shape index (κ1) is 17.5. The highest BCUT2D eigenvalue weighted by atomic mass is 35.5. The van der Waals surface area contributed by atoms with Gasteiger partial charge in [0.1, 0.15) is 6.33 Å². The summed E-state index contributed by atoms with van der Waals surface area (Å²) in [6, 6.07) is 4.94. The molecule has 0 bridgehead atoms. The summed E-state index contributed by atoms with van der Waals surface area (Å²) in [7, 11) is -1.00. The molecule has 2 atom stereocenters. The molecule has 1 fully saturated rings. The van der Waals surface area contributed by atoms with Gasteiger partial charge in [-0.25, -0.2) is 9.97 Å². The van der Waals surface area contributed by atoms with E-state index >= 15 is 0 Å². The van der Waals surface area contributed by atoms with E-state index < -0.39 is 10.8 Å². The molecule has 25 heavy (non-hydrogen) atoms. The molecular formula is C16H16ClN5O2S. The van der Waals surface area contributed by atoms with Crippen molar-refractivity contribution >= 4 is 34.3 Å². The predicted octanol–water partition coefficient (Wildman–Crippen LogP) is 1.59. The molecule has 2 heterocycles. The lowest BCUT2D eigenvalue weighted by Gasteiger charge is -2.35. The third kappa shape index (κ3) is 3.85. The minimum Gasteiger partial charge on any atom is -0.368 e. The van der Waals surface area contributed by atoms with Crippen molar-refractivity contribution in [2.45, 2.75) is 6.04 Å². The number of carbonyl (C=O) groups excluding carboxylic acids is 1. The van der Waals surface area contributed by atoms with E-state index in [1.165, 1.54) is 12.4 Å². The number of halogens is 1. The van der Waals surface area contributed by atoms with Crippen LogP contribution in [-0.2, 0) is 15.6 Å². The van der Waals surface area contributed by atoms with Gasteiger partial charge in [-0.05, 0) is 29.8 Å². The number of anilines is 1. The fraction of sp³-hybridized carbons (Fsp3) is 0.250. The summed E-state index contributed by atoms with van der Waals surface area (Å²) < 4.78 is 12.1. The maximum Gasteiger partial charge on any atom is 0.246 e. The number of amides is 1. The highest BCUT2D eigenvalue weighted by Gasteiger charge is 2.30. The molecule has 0 spiro atoms. The summed E-state index contributed by atoms with van der Waals surface area (Å²) in [4.78, 5) is 25.8. The molecule has 2 aromatic rings. The molecule has 1 aromatic carbocycles. The van der Waals surface area contributed by atoms with Crippen molar-refractivity contribution in [1.29, 1.82) is 0 Å². The Hall–Kier alpha value is -2.32. The Morgan fingerprint density at radius 2 is 2.20 bits per heavy atom. The Kier molecular flexibility index (Phi) is 5.10. The molecule has 0 aliphatic carbocycles. The van der Waals surface area contributed by atoms with Crippen molar-refractivity contribution < 1.29 is 9.00 Å². The smallest absolute Gasteiger partial charge is 0.246 e. The summed E-state index contributed by atoms with van der Waals surface area (Å²) in [5.41, 5.74) is 7.03. The van der Waals surface area contributed by atoms with Gasteiger partial charge < -0.3 is 10.6 Å². The summed E-state index contributed by atoms with van der Waals surface area (Å²) >= 11 is 6.25. The molecule has 1 amide bonds. The number of aromatic nitrogens is 3. The maximum atomic E-state index is 12.2. The quantitative estimate of drug-likeness (QED) is 0.815. The number of hydrogen-bond acceptors (Lipinski definition) is 6. The maximum absolute atomic E-state index is 12.2. The van der Waals surface area contributed by atoms with E-state index in [4.69, 9.17) is 17.3 Å². The molecule has 7 nitrogen and oxygen atoms in total. The molecule has 0 radical (unpaired) electrons. The Labute approximate surface area is 152 Å². The van der Waals surface area contributed by atoms with E-state index in [1.54, 1.807) is 17.0 Å². The molecule has 130 valence electrons. The number of benzene rings is 1. The second-order valence-corrected chi connectivity index (χ2v) is 7.56. The zero-order valence-corrected chi connectivity index (χ0v) is 14.8. The minimum atomic E-state index is -1.00. The van der Waals surface area contributed by atoms with Gasteiger partial charge in [-0.2, -0.15) is 4.98 Å². The fourth-order valence-electron chi connectivity index (χ4n) is 2.74. The summed E-state index contributed by atoms with van der Waals surface area (Å²) in [6.07, 6.45) is 2.58. The highest BCUT2D eigenvalue weighted by molar-refractivity contribution is 7.85. The summed E-state index contributed by atoms with van der Waals surface area (Å²) in [5, 5.41) is 0.467. The Balaban J connectivity index is 2.04. The average Bonchev–Trinajstić information content (AvgIpc) is 2.60. The van der Waals surface area contributed by atoms with Crippen LogP contribution in [0.3, 0.4) is 0 Å². The lowest BCUT2D eigenvalue weighted by atomic mass is 10.0. The fourth-order valence-corrected chi connectivity index (χ4v) is 4.28. The number of nitrogen functional groups attached to an aromatic ring is 1. The summed E-state index contributed by atoms with van der Waals surface area (Å²) in [5.74, 6) is 1.09. The van der Waals surface area contributed by atoms with E-state index in [0.29, 0.717) is 34.5 Å². The second-order valence-electron chi connectivity index (χ2n) is 5.50. The van der Waals surface area contributed by atoms with E-state index in [9.17, 15) is 9.00 Å². The van der Waals surface area contributed by atoms with Crippen LogP contribution in [0.4, 0.5) is 5.95 Å². The molecule has 3 rings (SSSR count). The van der Waals surface area contributed by atoms with Gasteiger partial charge in [-0.3, -0.25) is 9.00 Å². The van der Waals surface area contributed by atoms with Crippen LogP contribution < -0.4 is 5.73 Å². The Morgan fingerprint density at radius 1 is 1.40 bits per heavy atom. The van der Waals surface area contributed by atoms with Crippen LogP contribution in [0.2, 0.25) is 5.02 Å². The minimum absolute atomic E-state index is 0.105. The third-order valence-corrected chi connectivity index (χ3v) is 5.43. The van der Waals surface area contributed by atoms with Gasteiger partial charge in [0.25, 0.3) is 0 Å². The van der Waals surface area contributed by atoms with E-state index in [0.717, 1.165) is 5.56 Å². The van der Waals surface area contributed by atoms with Crippen LogP contribution in [0.15, 0.2) is 37.2 Å². The number of rotatable bonds is 3. The lowest BCUT2D eigenvalue weighted by Crippen LogP contribution is -2.43. The zero-order valence-electron chi connectivity index (χ0n) is 13.3. The molecule has 1 aromatic heterocycles. The molecule has 2 N–H and O–H groups in total. The van der Waals surface area contributed by atoms with Gasteiger partial charge in [0.05, 0.1) is 6.04 Å². The van der Waals surface area contributed by atoms with Gasteiger partial charge in [0, 0.05) is 39.4 Å². The Bertz CT molecular complexity index is 860. The van der Waals surface area contributed by atoms with E-state index in [-0.39, 0.29) is 17.9 Å². The molecule has 1 aliphatic heterocycles. The molecular weight excluding hydrogens is 362 g/mol. The first-order chi connectivity index (χ1) is 12.0. The standard InChI is InChI=1S/C16H16ClN5O2S/c1-2-14(23)22-3-4-25(24)8-13(22)10-5-11(7-12(17)6-10)15-19-9-20-16(18)21-15/h2,5-7,9,13H,1,3-4,8H2,(H2,18,19,20,21). The summed E-state index contributed by atoms with van der Waals surface area (Å²) in [6.45, 7) is 3.95. The average molecular weight is 378 g/mol. The second kappa shape index (κ2) is 7.28. The monoisotopic (exact) mass is 377 g/mol. The van der Waals surface area contributed by atoms with Gasteiger partial charge >= 0.3 is 0 Å². The van der Waals surface area contributed by atoms with Crippen molar-refractivity contribution in [3.05, 3.63) is 47.8 Å². The zero-order chi connectivity index (χ0) is 18.0. The van der Waals surface area contributed by atoms with Crippen molar-refractivity contribution in [3.63, 3.8) is 0 Å². The van der Waals surface area contributed by atoms with Gasteiger partial charge in [-0.1, -0.05) is 18.2 Å². The third-order valence-electron chi connectivity index (χ3n) is 3.89. The van der Waals surface area contributed by atoms with E-state index in [2.05, 4.69) is 21.5 Å². The van der Waals surface area contributed by atoms with Crippen LogP contribution in [0.1, 0.15) is 11.6 Å². The van der Waals surface area contributed by atoms with Gasteiger partial charge in [0.2, 0.25) is 11.9 Å². The first-order valence-corrected chi connectivity index (χ1v) is 9.38. The first-order valence-electron chi connectivity index (χ1n) is 7.51. The van der Waals surface area contributed by atoms with Crippen molar-refractivity contribution in [3.8, 4) is 11.4 Å².